The second-order valence-corrected chi connectivity index (χ2v) is 5.49. The zero-order chi connectivity index (χ0) is 13.8. The molecule has 2 N–H and O–H groups in total. The highest BCUT2D eigenvalue weighted by Crippen LogP contribution is 2.29. The van der Waals surface area contributed by atoms with E-state index in [9.17, 15) is 9.90 Å². The fourth-order valence-electron chi connectivity index (χ4n) is 2.17. The average Bonchev–Trinajstić information content (AvgIpc) is 2.34. The van der Waals surface area contributed by atoms with Gasteiger partial charge in [0.05, 0.1) is 28.4 Å². The SMILES string of the molecule is O=C(CN1CCC[C@H](O)C1)Nc1c(Cl)cccc1Cl. The zero-order valence-corrected chi connectivity index (χ0v) is 11.9. The molecule has 4 nitrogen and oxygen atoms in total. The Kier molecular flexibility index (Phi) is 5.05. The summed E-state index contributed by atoms with van der Waals surface area (Å²) in [6, 6.07) is 5.07. The topological polar surface area (TPSA) is 52.6 Å². The van der Waals surface area contributed by atoms with Crippen LogP contribution in [0.2, 0.25) is 10.0 Å². The molecule has 1 aromatic carbocycles. The maximum atomic E-state index is 11.9. The summed E-state index contributed by atoms with van der Waals surface area (Å²) in [5.74, 6) is -0.177. The Morgan fingerprint density at radius 2 is 2.11 bits per heavy atom. The van der Waals surface area contributed by atoms with Crippen molar-refractivity contribution in [1.82, 2.24) is 4.90 Å². The Labute approximate surface area is 122 Å². The van der Waals surface area contributed by atoms with Crippen molar-refractivity contribution in [2.75, 3.05) is 25.0 Å². The second kappa shape index (κ2) is 6.57. The van der Waals surface area contributed by atoms with Gasteiger partial charge < -0.3 is 10.4 Å². The standard InChI is InChI=1S/C13H16Cl2N2O2/c14-10-4-1-5-11(15)13(10)16-12(19)8-17-6-2-3-9(18)7-17/h1,4-5,9,18H,2-3,6-8H2,(H,16,19)/t9-/m0/s1. The van der Waals surface area contributed by atoms with Gasteiger partial charge >= 0.3 is 0 Å². The van der Waals surface area contributed by atoms with E-state index in [-0.39, 0.29) is 18.6 Å². The fourth-order valence-corrected chi connectivity index (χ4v) is 2.67. The van der Waals surface area contributed by atoms with Gasteiger partial charge in [0, 0.05) is 6.54 Å². The van der Waals surface area contributed by atoms with Crippen molar-refractivity contribution in [3.8, 4) is 0 Å². The molecule has 0 unspecified atom stereocenters. The van der Waals surface area contributed by atoms with Gasteiger partial charge in [-0.1, -0.05) is 29.3 Å². The number of para-hydroxylation sites is 1. The quantitative estimate of drug-likeness (QED) is 0.901. The minimum atomic E-state index is -0.342. The maximum absolute atomic E-state index is 11.9. The molecule has 0 aromatic heterocycles. The first-order chi connectivity index (χ1) is 9.06. The van der Waals surface area contributed by atoms with Crippen LogP contribution in [0.1, 0.15) is 12.8 Å². The van der Waals surface area contributed by atoms with E-state index in [0.29, 0.717) is 22.3 Å². The second-order valence-electron chi connectivity index (χ2n) is 4.68. The summed E-state index contributed by atoms with van der Waals surface area (Å²) in [5.41, 5.74) is 0.438. The van der Waals surface area contributed by atoms with Crippen molar-refractivity contribution in [1.29, 1.82) is 0 Å². The summed E-state index contributed by atoms with van der Waals surface area (Å²) >= 11 is 12.0. The molecule has 6 heteroatoms. The van der Waals surface area contributed by atoms with Gasteiger partial charge in [0.25, 0.3) is 0 Å². The van der Waals surface area contributed by atoms with Crippen LogP contribution in [0.4, 0.5) is 5.69 Å². The van der Waals surface area contributed by atoms with Crippen molar-refractivity contribution in [3.05, 3.63) is 28.2 Å². The molecule has 2 rings (SSSR count). The molecule has 1 heterocycles. The first-order valence-corrected chi connectivity index (χ1v) is 6.96. The highest BCUT2D eigenvalue weighted by atomic mass is 35.5. The molecule has 0 aliphatic carbocycles. The van der Waals surface area contributed by atoms with Gasteiger partial charge in [-0.05, 0) is 31.5 Å². The van der Waals surface area contributed by atoms with Crippen molar-refractivity contribution in [3.63, 3.8) is 0 Å². The Bertz CT molecular complexity index is 448. The number of likely N-dealkylation sites (tertiary alicyclic amines) is 1. The number of carbonyl (C=O) groups excluding carboxylic acids is 1. The fraction of sp³-hybridized carbons (Fsp3) is 0.462. The number of aliphatic hydroxyl groups excluding tert-OH is 1. The summed E-state index contributed by atoms with van der Waals surface area (Å²) in [6.45, 7) is 1.59. The number of hydrogen-bond donors (Lipinski definition) is 2. The molecule has 1 aliphatic heterocycles. The highest BCUT2D eigenvalue weighted by molar-refractivity contribution is 6.39. The number of nitrogens with zero attached hydrogens (tertiary/aromatic N) is 1. The molecule has 1 saturated heterocycles. The third-order valence-electron chi connectivity index (χ3n) is 3.08. The molecule has 1 aromatic rings. The lowest BCUT2D eigenvalue weighted by atomic mass is 10.1. The van der Waals surface area contributed by atoms with Gasteiger partial charge in [-0.3, -0.25) is 9.69 Å². The van der Waals surface area contributed by atoms with Crippen molar-refractivity contribution in [2.45, 2.75) is 18.9 Å². The molecule has 0 saturated carbocycles. The van der Waals surface area contributed by atoms with Crippen LogP contribution in [0.3, 0.4) is 0 Å². The third-order valence-corrected chi connectivity index (χ3v) is 3.70. The Morgan fingerprint density at radius 1 is 1.42 bits per heavy atom. The van der Waals surface area contributed by atoms with Crippen molar-refractivity contribution < 1.29 is 9.90 Å². The maximum Gasteiger partial charge on any atom is 0.238 e. The van der Waals surface area contributed by atoms with Gasteiger partial charge in [0.1, 0.15) is 0 Å². The Hall–Kier alpha value is -0.810. The van der Waals surface area contributed by atoms with Crippen LogP contribution in [-0.4, -0.2) is 41.7 Å². The van der Waals surface area contributed by atoms with Crippen LogP contribution in [0, 0.1) is 0 Å². The van der Waals surface area contributed by atoms with Crippen LogP contribution in [0.25, 0.3) is 0 Å². The van der Waals surface area contributed by atoms with Crippen LogP contribution >= 0.6 is 23.2 Å². The minimum Gasteiger partial charge on any atom is -0.392 e. The number of nitrogens with one attached hydrogen (secondary N) is 1. The lowest BCUT2D eigenvalue weighted by Gasteiger charge is -2.29. The molecule has 0 radical (unpaired) electrons. The number of halogens is 2. The molecule has 1 amide bonds. The lowest BCUT2D eigenvalue weighted by molar-refractivity contribution is -0.118. The molecule has 0 spiro atoms. The van der Waals surface area contributed by atoms with E-state index >= 15 is 0 Å². The Balaban J connectivity index is 1.94. The number of piperidine rings is 1. The van der Waals surface area contributed by atoms with Crippen LogP contribution in [-0.2, 0) is 4.79 Å². The predicted molar refractivity (Wildman–Crippen MR) is 76.8 cm³/mol. The van der Waals surface area contributed by atoms with Crippen LogP contribution in [0.15, 0.2) is 18.2 Å². The number of amides is 1. The number of carbonyl (C=O) groups is 1. The lowest BCUT2D eigenvalue weighted by Crippen LogP contribution is -2.42. The monoisotopic (exact) mass is 302 g/mol. The number of anilines is 1. The van der Waals surface area contributed by atoms with Gasteiger partial charge in [-0.25, -0.2) is 0 Å². The minimum absolute atomic E-state index is 0.177. The molecular formula is C13H16Cl2N2O2. The van der Waals surface area contributed by atoms with Crippen LogP contribution in [0.5, 0.6) is 0 Å². The Morgan fingerprint density at radius 3 is 2.74 bits per heavy atom. The van der Waals surface area contributed by atoms with Crippen molar-refractivity contribution in [2.24, 2.45) is 0 Å². The zero-order valence-electron chi connectivity index (χ0n) is 10.4. The molecule has 1 aliphatic rings. The normalized spacial score (nSPS) is 20.3. The van der Waals surface area contributed by atoms with E-state index in [1.807, 2.05) is 4.90 Å². The van der Waals surface area contributed by atoms with Gasteiger partial charge in [-0.15, -0.1) is 0 Å². The number of benzene rings is 1. The van der Waals surface area contributed by atoms with E-state index in [2.05, 4.69) is 5.32 Å². The predicted octanol–water partition coefficient (Wildman–Crippen LogP) is 2.39. The summed E-state index contributed by atoms with van der Waals surface area (Å²) in [7, 11) is 0. The number of hydrogen-bond acceptors (Lipinski definition) is 3. The molecule has 19 heavy (non-hydrogen) atoms. The first kappa shape index (κ1) is 14.6. The summed E-state index contributed by atoms with van der Waals surface area (Å²) < 4.78 is 0. The third kappa shape index (κ3) is 4.08. The highest BCUT2D eigenvalue weighted by Gasteiger charge is 2.20. The van der Waals surface area contributed by atoms with Gasteiger partial charge in [-0.2, -0.15) is 0 Å². The van der Waals surface area contributed by atoms with E-state index in [0.717, 1.165) is 19.4 Å². The number of rotatable bonds is 3. The smallest absolute Gasteiger partial charge is 0.238 e. The van der Waals surface area contributed by atoms with E-state index < -0.39 is 0 Å². The van der Waals surface area contributed by atoms with Gasteiger partial charge in [0.2, 0.25) is 5.91 Å². The van der Waals surface area contributed by atoms with E-state index in [1.54, 1.807) is 18.2 Å². The van der Waals surface area contributed by atoms with E-state index in [1.165, 1.54) is 0 Å². The molecule has 1 atom stereocenters. The summed E-state index contributed by atoms with van der Waals surface area (Å²) in [5, 5.41) is 13.1. The van der Waals surface area contributed by atoms with Crippen molar-refractivity contribution >= 4 is 34.8 Å². The van der Waals surface area contributed by atoms with Gasteiger partial charge in [0.15, 0.2) is 0 Å². The summed E-state index contributed by atoms with van der Waals surface area (Å²) in [6.07, 6.45) is 1.36. The first-order valence-electron chi connectivity index (χ1n) is 6.20. The summed E-state index contributed by atoms with van der Waals surface area (Å²) in [4.78, 5) is 13.9. The number of β-amino-alcohol motifs (C(OH)–C–C–N with tert-alkyl or cyclic N) is 1. The van der Waals surface area contributed by atoms with E-state index in [4.69, 9.17) is 23.2 Å². The number of aliphatic hydroxyl groups is 1. The molecule has 0 bridgehead atoms. The van der Waals surface area contributed by atoms with Crippen LogP contribution < -0.4 is 5.32 Å². The molecular weight excluding hydrogens is 287 g/mol. The average molecular weight is 303 g/mol. The molecule has 104 valence electrons. The largest absolute Gasteiger partial charge is 0.392 e. The molecule has 1 fully saturated rings.